The van der Waals surface area contributed by atoms with Gasteiger partial charge in [0.05, 0.1) is 5.56 Å². The molecule has 0 saturated heterocycles. The molecular formula is C13H15NO4. The van der Waals surface area contributed by atoms with Crippen LogP contribution in [0.1, 0.15) is 41.6 Å². The maximum atomic E-state index is 12.2. The van der Waals surface area contributed by atoms with Crippen molar-refractivity contribution in [2.45, 2.75) is 31.6 Å². The van der Waals surface area contributed by atoms with Gasteiger partial charge in [-0.2, -0.15) is 0 Å². The number of aryl methyl sites for hydroxylation is 1. The minimum absolute atomic E-state index is 0.105. The normalized spacial score (nSPS) is 20.1. The number of carbonyl (C=O) groups excluding carboxylic acids is 1. The quantitative estimate of drug-likeness (QED) is 0.879. The van der Waals surface area contributed by atoms with Gasteiger partial charge in [0.25, 0.3) is 5.91 Å². The number of nitrogens with zero attached hydrogens (tertiary/aromatic N) is 1. The van der Waals surface area contributed by atoms with Crippen LogP contribution in [-0.2, 0) is 16.6 Å². The summed E-state index contributed by atoms with van der Waals surface area (Å²) in [6.45, 7) is 2.22. The van der Waals surface area contributed by atoms with Crippen LogP contribution in [0.25, 0.3) is 0 Å². The lowest BCUT2D eigenvalue weighted by atomic mass is 9.94. The lowest BCUT2D eigenvalue weighted by Gasteiger charge is -2.30. The molecule has 1 fully saturated rings. The lowest BCUT2D eigenvalue weighted by molar-refractivity contribution is -0.137. The summed E-state index contributed by atoms with van der Waals surface area (Å²) in [6.07, 6.45) is 2.69. The van der Waals surface area contributed by atoms with Gasteiger partial charge >= 0.3 is 5.97 Å². The molecule has 5 nitrogen and oxygen atoms in total. The van der Waals surface area contributed by atoms with Crippen molar-refractivity contribution in [3.8, 4) is 0 Å². The van der Waals surface area contributed by atoms with E-state index in [0.717, 1.165) is 30.8 Å². The molecule has 0 bridgehead atoms. The maximum absolute atomic E-state index is 12.2. The fourth-order valence-electron chi connectivity index (χ4n) is 2.68. The Kier molecular flexibility index (Phi) is 2.27. The summed E-state index contributed by atoms with van der Waals surface area (Å²) in [5.41, 5.74) is 0.461. The van der Waals surface area contributed by atoms with Gasteiger partial charge < -0.3 is 14.4 Å². The van der Waals surface area contributed by atoms with Crippen molar-refractivity contribution >= 4 is 11.9 Å². The monoisotopic (exact) mass is 249 g/mol. The minimum Gasteiger partial charge on any atom is -0.480 e. The second kappa shape index (κ2) is 3.60. The van der Waals surface area contributed by atoms with Gasteiger partial charge in [0, 0.05) is 18.4 Å². The number of carboxylic acids is 1. The van der Waals surface area contributed by atoms with E-state index >= 15 is 0 Å². The summed E-state index contributed by atoms with van der Waals surface area (Å²) in [5, 5.41) is 8.86. The van der Waals surface area contributed by atoms with Crippen LogP contribution in [0.5, 0.6) is 0 Å². The number of hydrogen-bond donors (Lipinski definition) is 1. The number of carboxylic acid groups (broad SMARTS) is 1. The molecule has 1 aromatic rings. The van der Waals surface area contributed by atoms with Crippen LogP contribution in [0, 0.1) is 0 Å². The Morgan fingerprint density at radius 1 is 1.56 bits per heavy atom. The Bertz CT molecular complexity index is 527. The van der Waals surface area contributed by atoms with Crippen LogP contribution in [0.3, 0.4) is 0 Å². The first-order chi connectivity index (χ1) is 8.55. The van der Waals surface area contributed by atoms with Gasteiger partial charge in [-0.25, -0.2) is 0 Å². The van der Waals surface area contributed by atoms with Crippen LogP contribution in [-0.4, -0.2) is 35.0 Å². The molecule has 0 aromatic carbocycles. The standard InChI is InChI=1S/C13H15NO4/c1-2-8-5-9-11(18-8)13(3-4-13)7-14(12(9)17)6-10(15)16/h5H,2-4,6-7H2,1H3,(H,15,16). The van der Waals surface area contributed by atoms with Crippen LogP contribution in [0.4, 0.5) is 0 Å². The van der Waals surface area contributed by atoms with E-state index in [2.05, 4.69) is 0 Å². The second-order valence-electron chi connectivity index (χ2n) is 5.14. The number of rotatable bonds is 3. The summed E-state index contributed by atoms with van der Waals surface area (Å²) >= 11 is 0. The van der Waals surface area contributed by atoms with Gasteiger partial charge in [0.2, 0.25) is 0 Å². The third kappa shape index (κ3) is 1.54. The fraction of sp³-hybridized carbons (Fsp3) is 0.538. The molecule has 1 spiro atoms. The summed E-state index contributed by atoms with van der Waals surface area (Å²) in [4.78, 5) is 24.4. The SMILES string of the molecule is CCc1cc2c(o1)C1(CC1)CN(CC(=O)O)C2=O. The lowest BCUT2D eigenvalue weighted by Crippen LogP contribution is -2.45. The van der Waals surface area contributed by atoms with E-state index in [4.69, 9.17) is 9.52 Å². The van der Waals surface area contributed by atoms with Gasteiger partial charge in [-0.15, -0.1) is 0 Å². The van der Waals surface area contributed by atoms with E-state index < -0.39 is 5.97 Å². The Morgan fingerprint density at radius 2 is 2.28 bits per heavy atom. The van der Waals surface area contributed by atoms with E-state index in [1.807, 2.05) is 6.92 Å². The Morgan fingerprint density at radius 3 is 2.83 bits per heavy atom. The van der Waals surface area contributed by atoms with Crippen molar-refractivity contribution in [2.24, 2.45) is 0 Å². The highest BCUT2D eigenvalue weighted by molar-refractivity contribution is 5.98. The molecule has 1 N–H and O–H groups in total. The van der Waals surface area contributed by atoms with Crippen molar-refractivity contribution in [3.63, 3.8) is 0 Å². The molecule has 0 unspecified atom stereocenters. The topological polar surface area (TPSA) is 70.8 Å². The molecule has 3 rings (SSSR count). The zero-order chi connectivity index (χ0) is 12.9. The largest absolute Gasteiger partial charge is 0.480 e. The molecule has 0 atom stereocenters. The van der Waals surface area contributed by atoms with E-state index in [9.17, 15) is 9.59 Å². The molecule has 2 heterocycles. The number of amides is 1. The molecule has 0 radical (unpaired) electrons. The summed E-state index contributed by atoms with van der Waals surface area (Å²) in [7, 11) is 0. The number of hydrogen-bond acceptors (Lipinski definition) is 3. The van der Waals surface area contributed by atoms with Crippen LogP contribution in [0.15, 0.2) is 10.5 Å². The van der Waals surface area contributed by atoms with Crippen molar-refractivity contribution in [1.82, 2.24) is 4.90 Å². The van der Waals surface area contributed by atoms with Gasteiger partial charge in [0.1, 0.15) is 18.1 Å². The molecule has 1 aliphatic carbocycles. The molecule has 5 heteroatoms. The molecule has 18 heavy (non-hydrogen) atoms. The molecular weight excluding hydrogens is 234 g/mol. The van der Waals surface area contributed by atoms with Crippen LogP contribution in [0.2, 0.25) is 0 Å². The number of carbonyl (C=O) groups is 2. The van der Waals surface area contributed by atoms with Crippen molar-refractivity contribution < 1.29 is 19.1 Å². The molecule has 1 aliphatic heterocycles. The zero-order valence-electron chi connectivity index (χ0n) is 10.2. The predicted octanol–water partition coefficient (Wildman–Crippen LogP) is 1.41. The molecule has 2 aliphatic rings. The smallest absolute Gasteiger partial charge is 0.323 e. The molecule has 1 saturated carbocycles. The Labute approximate surface area is 104 Å². The van der Waals surface area contributed by atoms with Crippen molar-refractivity contribution in [2.75, 3.05) is 13.1 Å². The molecule has 1 aromatic heterocycles. The maximum Gasteiger partial charge on any atom is 0.323 e. The van der Waals surface area contributed by atoms with E-state index in [1.54, 1.807) is 6.07 Å². The minimum atomic E-state index is -0.971. The summed E-state index contributed by atoms with van der Waals surface area (Å²) < 4.78 is 5.76. The average Bonchev–Trinajstić information content (AvgIpc) is 2.94. The average molecular weight is 249 g/mol. The summed E-state index contributed by atoms with van der Waals surface area (Å²) in [5.74, 6) is 0.401. The zero-order valence-corrected chi connectivity index (χ0v) is 10.2. The highest BCUT2D eigenvalue weighted by Crippen LogP contribution is 2.53. The predicted molar refractivity (Wildman–Crippen MR) is 62.5 cm³/mol. The summed E-state index contributed by atoms with van der Waals surface area (Å²) in [6, 6.07) is 1.77. The third-order valence-corrected chi connectivity index (χ3v) is 3.80. The second-order valence-corrected chi connectivity index (χ2v) is 5.14. The van der Waals surface area contributed by atoms with E-state index in [1.165, 1.54) is 4.90 Å². The first kappa shape index (κ1) is 11.3. The van der Waals surface area contributed by atoms with Gasteiger partial charge in [-0.1, -0.05) is 6.92 Å². The first-order valence-corrected chi connectivity index (χ1v) is 6.20. The fourth-order valence-corrected chi connectivity index (χ4v) is 2.68. The Hall–Kier alpha value is -1.78. The van der Waals surface area contributed by atoms with E-state index in [-0.39, 0.29) is 17.9 Å². The molecule has 1 amide bonds. The number of aliphatic carboxylic acids is 1. The van der Waals surface area contributed by atoms with Crippen molar-refractivity contribution in [1.29, 1.82) is 0 Å². The number of fused-ring (bicyclic) bond motifs is 2. The number of furan rings is 1. The highest BCUT2D eigenvalue weighted by Gasteiger charge is 2.54. The highest BCUT2D eigenvalue weighted by atomic mass is 16.4. The van der Waals surface area contributed by atoms with E-state index in [0.29, 0.717) is 12.1 Å². The van der Waals surface area contributed by atoms with Crippen LogP contribution >= 0.6 is 0 Å². The van der Waals surface area contributed by atoms with Gasteiger partial charge in [-0.3, -0.25) is 9.59 Å². The Balaban J connectivity index is 2.00. The van der Waals surface area contributed by atoms with Gasteiger partial charge in [-0.05, 0) is 18.9 Å². The first-order valence-electron chi connectivity index (χ1n) is 6.20. The van der Waals surface area contributed by atoms with Crippen molar-refractivity contribution in [3.05, 3.63) is 23.2 Å². The third-order valence-electron chi connectivity index (χ3n) is 3.80. The molecule has 96 valence electrons. The van der Waals surface area contributed by atoms with Gasteiger partial charge in [0.15, 0.2) is 0 Å². The van der Waals surface area contributed by atoms with Crippen LogP contribution < -0.4 is 0 Å².